The van der Waals surface area contributed by atoms with Gasteiger partial charge in [0.05, 0.1) is 18.9 Å². The van der Waals surface area contributed by atoms with Gasteiger partial charge in [0, 0.05) is 31.7 Å². The van der Waals surface area contributed by atoms with Crippen LogP contribution in [0.5, 0.6) is 5.75 Å². The molecule has 3 aromatic rings. The predicted octanol–water partition coefficient (Wildman–Crippen LogP) is 4.81. The van der Waals surface area contributed by atoms with Crippen LogP contribution < -0.4 is 4.74 Å². The molecule has 1 aliphatic carbocycles. The van der Waals surface area contributed by atoms with Crippen molar-refractivity contribution in [3.05, 3.63) is 89.5 Å². The summed E-state index contributed by atoms with van der Waals surface area (Å²) >= 11 is 0. The molecule has 0 unspecified atom stereocenters. The second-order valence-corrected chi connectivity index (χ2v) is 7.98. The molecule has 0 bridgehead atoms. The van der Waals surface area contributed by atoms with E-state index in [1.54, 1.807) is 7.11 Å². The highest BCUT2D eigenvalue weighted by Crippen LogP contribution is 2.46. The maximum Gasteiger partial charge on any atom is 0.119 e. The molecule has 0 saturated carbocycles. The van der Waals surface area contributed by atoms with Gasteiger partial charge >= 0.3 is 0 Å². The second kappa shape index (κ2) is 7.96. The SMILES string of the molecule is COc1cccc(/C(C)=N/N2CCN(C3c4ccccc4-c4ccccc43)CC2)c1. The molecule has 1 heterocycles. The molecule has 3 aromatic carbocycles. The van der Waals surface area contributed by atoms with E-state index in [0.29, 0.717) is 6.04 Å². The standard InChI is InChI=1S/C26H27N3O/c1-19(20-8-7-9-21(18-20)30-2)27-29-16-14-28(15-17-29)26-24-12-5-3-10-22(24)23-11-4-6-13-25(23)26/h3-13,18,26H,14-17H2,1-2H3/b27-19+. The van der Waals surface area contributed by atoms with Crippen molar-refractivity contribution in [2.45, 2.75) is 13.0 Å². The van der Waals surface area contributed by atoms with Crippen molar-refractivity contribution in [2.24, 2.45) is 5.10 Å². The van der Waals surface area contributed by atoms with Gasteiger partial charge in [-0.25, -0.2) is 0 Å². The normalized spacial score (nSPS) is 17.0. The molecule has 0 spiro atoms. The predicted molar refractivity (Wildman–Crippen MR) is 122 cm³/mol. The third-order valence-corrected chi connectivity index (χ3v) is 6.24. The zero-order chi connectivity index (χ0) is 20.5. The van der Waals surface area contributed by atoms with Gasteiger partial charge < -0.3 is 4.74 Å². The van der Waals surface area contributed by atoms with E-state index in [2.05, 4.69) is 71.4 Å². The van der Waals surface area contributed by atoms with Gasteiger partial charge in [0.2, 0.25) is 0 Å². The fraction of sp³-hybridized carbons (Fsp3) is 0.269. The molecule has 4 nitrogen and oxygen atoms in total. The Balaban J connectivity index is 1.33. The van der Waals surface area contributed by atoms with Gasteiger partial charge in [0.1, 0.15) is 5.75 Å². The number of methoxy groups -OCH3 is 1. The first-order valence-electron chi connectivity index (χ1n) is 10.6. The Morgan fingerprint density at radius 1 is 0.833 bits per heavy atom. The van der Waals surface area contributed by atoms with E-state index >= 15 is 0 Å². The van der Waals surface area contributed by atoms with Gasteiger partial charge in [0.25, 0.3) is 0 Å². The average molecular weight is 398 g/mol. The smallest absolute Gasteiger partial charge is 0.119 e. The van der Waals surface area contributed by atoms with Gasteiger partial charge in [0.15, 0.2) is 0 Å². The van der Waals surface area contributed by atoms with Crippen molar-refractivity contribution in [1.29, 1.82) is 0 Å². The second-order valence-electron chi connectivity index (χ2n) is 7.98. The highest BCUT2D eigenvalue weighted by Gasteiger charge is 2.33. The lowest BCUT2D eigenvalue weighted by atomic mass is 10.0. The summed E-state index contributed by atoms with van der Waals surface area (Å²) in [7, 11) is 1.70. The van der Waals surface area contributed by atoms with Gasteiger partial charge in [-0.2, -0.15) is 5.10 Å². The summed E-state index contributed by atoms with van der Waals surface area (Å²) in [5.74, 6) is 0.866. The van der Waals surface area contributed by atoms with Crippen LogP contribution in [0.3, 0.4) is 0 Å². The van der Waals surface area contributed by atoms with Gasteiger partial charge in [-0.05, 0) is 41.3 Å². The number of hydrogen-bond acceptors (Lipinski definition) is 4. The number of rotatable bonds is 4. The Morgan fingerprint density at radius 3 is 2.10 bits per heavy atom. The number of benzene rings is 3. The van der Waals surface area contributed by atoms with E-state index in [0.717, 1.165) is 43.2 Å². The van der Waals surface area contributed by atoms with Crippen LogP contribution >= 0.6 is 0 Å². The highest BCUT2D eigenvalue weighted by molar-refractivity contribution is 5.98. The van der Waals surface area contributed by atoms with Gasteiger partial charge in [-0.3, -0.25) is 9.91 Å². The molecule has 1 aliphatic heterocycles. The summed E-state index contributed by atoms with van der Waals surface area (Å²) in [6, 6.07) is 26.2. The van der Waals surface area contributed by atoms with Crippen LogP contribution in [0.4, 0.5) is 0 Å². The maximum atomic E-state index is 5.35. The molecule has 0 N–H and O–H groups in total. The fourth-order valence-electron chi connectivity index (χ4n) is 4.71. The van der Waals surface area contributed by atoms with Crippen molar-refractivity contribution in [2.75, 3.05) is 33.3 Å². The molecule has 30 heavy (non-hydrogen) atoms. The van der Waals surface area contributed by atoms with Crippen molar-refractivity contribution in [3.8, 4) is 16.9 Å². The molecule has 0 amide bonds. The maximum absolute atomic E-state index is 5.35. The largest absolute Gasteiger partial charge is 0.497 e. The molecule has 0 aromatic heterocycles. The lowest BCUT2D eigenvalue weighted by molar-refractivity contribution is 0.114. The summed E-state index contributed by atoms with van der Waals surface area (Å²) < 4.78 is 5.35. The number of hydrazone groups is 1. The third kappa shape index (κ3) is 3.37. The van der Waals surface area contributed by atoms with Crippen molar-refractivity contribution in [3.63, 3.8) is 0 Å². The van der Waals surface area contributed by atoms with Crippen LogP contribution in [-0.4, -0.2) is 48.9 Å². The van der Waals surface area contributed by atoms with Crippen molar-refractivity contribution in [1.82, 2.24) is 9.91 Å². The summed E-state index contributed by atoms with van der Waals surface area (Å²) in [5.41, 5.74) is 7.76. The van der Waals surface area contributed by atoms with Gasteiger partial charge in [-0.15, -0.1) is 0 Å². The minimum atomic E-state index is 0.350. The van der Waals surface area contributed by atoms with Crippen LogP contribution in [0.1, 0.15) is 29.7 Å². The molecule has 5 rings (SSSR count). The first-order valence-corrected chi connectivity index (χ1v) is 10.6. The Labute approximate surface area is 178 Å². The average Bonchev–Trinajstić information content (AvgIpc) is 3.14. The summed E-state index contributed by atoms with van der Waals surface area (Å²) in [6.07, 6.45) is 0. The van der Waals surface area contributed by atoms with E-state index in [-0.39, 0.29) is 0 Å². The van der Waals surface area contributed by atoms with Crippen LogP contribution in [0.25, 0.3) is 11.1 Å². The first kappa shape index (κ1) is 18.9. The monoisotopic (exact) mass is 397 g/mol. The molecule has 152 valence electrons. The summed E-state index contributed by atoms with van der Waals surface area (Å²) in [6.45, 7) is 5.94. The van der Waals surface area contributed by atoms with E-state index in [4.69, 9.17) is 9.84 Å². The Morgan fingerprint density at radius 2 is 1.47 bits per heavy atom. The number of ether oxygens (including phenoxy) is 1. The third-order valence-electron chi connectivity index (χ3n) is 6.24. The molecule has 0 radical (unpaired) electrons. The zero-order valence-corrected chi connectivity index (χ0v) is 17.6. The van der Waals surface area contributed by atoms with Crippen molar-refractivity contribution >= 4 is 5.71 Å². The van der Waals surface area contributed by atoms with E-state index in [1.807, 2.05) is 18.2 Å². The molecule has 1 saturated heterocycles. The highest BCUT2D eigenvalue weighted by atomic mass is 16.5. The van der Waals surface area contributed by atoms with Crippen molar-refractivity contribution < 1.29 is 4.74 Å². The summed E-state index contributed by atoms with van der Waals surface area (Å²) in [4.78, 5) is 2.61. The zero-order valence-electron chi connectivity index (χ0n) is 17.6. The van der Waals surface area contributed by atoms with Crippen LogP contribution in [0.2, 0.25) is 0 Å². The number of piperazine rings is 1. The molecule has 2 aliphatic rings. The first-order chi connectivity index (χ1) is 14.7. The molecular weight excluding hydrogens is 370 g/mol. The van der Waals surface area contributed by atoms with E-state index < -0.39 is 0 Å². The van der Waals surface area contributed by atoms with Gasteiger partial charge in [-0.1, -0.05) is 60.7 Å². The minimum absolute atomic E-state index is 0.350. The molecular formula is C26H27N3O. The topological polar surface area (TPSA) is 28.1 Å². The lowest BCUT2D eigenvalue weighted by Gasteiger charge is -2.37. The van der Waals surface area contributed by atoms with E-state index in [9.17, 15) is 0 Å². The Bertz CT molecular complexity index is 1040. The van der Waals surface area contributed by atoms with E-state index in [1.165, 1.54) is 22.3 Å². The van der Waals surface area contributed by atoms with Crippen LogP contribution in [0, 0.1) is 0 Å². The minimum Gasteiger partial charge on any atom is -0.497 e. The lowest BCUT2D eigenvalue weighted by Crippen LogP contribution is -2.45. The van der Waals surface area contributed by atoms with Crippen LogP contribution in [0.15, 0.2) is 77.9 Å². The van der Waals surface area contributed by atoms with Crippen LogP contribution in [-0.2, 0) is 0 Å². The fourth-order valence-corrected chi connectivity index (χ4v) is 4.71. The number of fused-ring (bicyclic) bond motifs is 3. The molecule has 1 fully saturated rings. The molecule has 4 heteroatoms. The Hall–Kier alpha value is -3.11. The quantitative estimate of drug-likeness (QED) is 0.592. The number of hydrogen-bond donors (Lipinski definition) is 0. The molecule has 0 atom stereocenters. The summed E-state index contributed by atoms with van der Waals surface area (Å²) in [5, 5.41) is 7.11. The number of nitrogens with zero attached hydrogens (tertiary/aromatic N) is 3. The Kier molecular flexibility index (Phi) is 5.01.